The zero-order valence-electron chi connectivity index (χ0n) is 10.3. The molecule has 0 radical (unpaired) electrons. The molecule has 1 N–H and O–H groups in total. The van der Waals surface area contributed by atoms with Crippen LogP contribution in [0.1, 0.15) is 24.9 Å². The van der Waals surface area contributed by atoms with Crippen molar-refractivity contribution in [1.29, 1.82) is 0 Å². The van der Waals surface area contributed by atoms with Crippen LogP contribution in [0.15, 0.2) is 16.9 Å². The molecular weight excluding hydrogens is 246 g/mol. The molecule has 0 saturated carbocycles. The molecule has 18 heavy (non-hydrogen) atoms. The predicted octanol–water partition coefficient (Wildman–Crippen LogP) is 2.79. The Morgan fingerprint density at radius 2 is 2.17 bits per heavy atom. The van der Waals surface area contributed by atoms with E-state index in [2.05, 4.69) is 21.9 Å². The second-order valence-electron chi connectivity index (χ2n) is 4.34. The van der Waals surface area contributed by atoms with E-state index in [0.29, 0.717) is 10.5 Å². The summed E-state index contributed by atoms with van der Waals surface area (Å²) in [6.07, 6.45) is 2.04. The Kier molecular flexibility index (Phi) is 2.63. The topological polar surface area (TPSA) is 58.6 Å². The van der Waals surface area contributed by atoms with Gasteiger partial charge in [0.1, 0.15) is 15.4 Å². The van der Waals surface area contributed by atoms with Crippen molar-refractivity contribution in [3.8, 4) is 0 Å². The van der Waals surface area contributed by atoms with Gasteiger partial charge in [-0.3, -0.25) is 4.79 Å². The summed E-state index contributed by atoms with van der Waals surface area (Å²) in [6.45, 7) is 3.93. The van der Waals surface area contributed by atoms with Crippen molar-refractivity contribution in [1.82, 2.24) is 15.0 Å². The molecule has 5 heteroatoms. The van der Waals surface area contributed by atoms with Gasteiger partial charge in [0.15, 0.2) is 0 Å². The molecular formula is C13H13N3OS. The molecule has 0 bridgehead atoms. The largest absolute Gasteiger partial charge is 0.310 e. The van der Waals surface area contributed by atoms with Crippen LogP contribution in [0.4, 0.5) is 0 Å². The van der Waals surface area contributed by atoms with Gasteiger partial charge in [-0.05, 0) is 25.5 Å². The van der Waals surface area contributed by atoms with E-state index in [4.69, 9.17) is 0 Å². The SMILES string of the molecule is CCCc1ccc2c(n1)sc1c(=O)[nH]c(C)nc12. The Balaban J connectivity index is 2.36. The van der Waals surface area contributed by atoms with E-state index in [-0.39, 0.29) is 5.56 Å². The first-order valence-electron chi connectivity index (χ1n) is 5.98. The third-order valence-electron chi connectivity index (χ3n) is 2.87. The van der Waals surface area contributed by atoms with E-state index in [1.807, 2.05) is 12.1 Å². The first kappa shape index (κ1) is 11.3. The fraction of sp³-hybridized carbons (Fsp3) is 0.308. The molecule has 0 unspecified atom stereocenters. The molecule has 0 fully saturated rings. The lowest BCUT2D eigenvalue weighted by molar-refractivity contribution is 0.891. The minimum Gasteiger partial charge on any atom is -0.310 e. The van der Waals surface area contributed by atoms with Gasteiger partial charge in [0.2, 0.25) is 0 Å². The molecule has 4 nitrogen and oxygen atoms in total. The van der Waals surface area contributed by atoms with Gasteiger partial charge in [0.25, 0.3) is 5.56 Å². The van der Waals surface area contributed by atoms with Crippen molar-refractivity contribution in [2.24, 2.45) is 0 Å². The third kappa shape index (κ3) is 1.71. The van der Waals surface area contributed by atoms with Crippen molar-refractivity contribution < 1.29 is 0 Å². The molecule has 3 aromatic rings. The molecule has 3 heterocycles. The maximum absolute atomic E-state index is 11.9. The van der Waals surface area contributed by atoms with Gasteiger partial charge in [0.05, 0.1) is 5.52 Å². The summed E-state index contributed by atoms with van der Waals surface area (Å²) >= 11 is 1.42. The predicted molar refractivity (Wildman–Crippen MR) is 74.3 cm³/mol. The van der Waals surface area contributed by atoms with Gasteiger partial charge in [-0.1, -0.05) is 13.3 Å². The van der Waals surface area contributed by atoms with Crippen molar-refractivity contribution in [2.75, 3.05) is 0 Å². The monoisotopic (exact) mass is 259 g/mol. The molecule has 0 aliphatic heterocycles. The minimum absolute atomic E-state index is 0.0717. The standard InChI is InChI=1S/C13H13N3OS/c1-3-4-8-5-6-9-10-11(18-13(9)16-8)12(17)15-7(2)14-10/h5-6H,3-4H2,1-2H3,(H,14,15,17). The number of thiophene rings is 1. The molecule has 3 aromatic heterocycles. The summed E-state index contributed by atoms with van der Waals surface area (Å²) in [4.78, 5) is 24.5. The number of nitrogens with one attached hydrogen (secondary N) is 1. The van der Waals surface area contributed by atoms with Crippen LogP contribution >= 0.6 is 11.3 Å². The van der Waals surface area contributed by atoms with Gasteiger partial charge < -0.3 is 4.98 Å². The fourth-order valence-corrected chi connectivity index (χ4v) is 3.11. The van der Waals surface area contributed by atoms with Crippen LogP contribution in [-0.4, -0.2) is 15.0 Å². The summed E-state index contributed by atoms with van der Waals surface area (Å²) < 4.78 is 0.664. The van der Waals surface area contributed by atoms with Gasteiger partial charge in [0, 0.05) is 11.1 Å². The maximum atomic E-state index is 11.9. The Morgan fingerprint density at radius 1 is 1.33 bits per heavy atom. The van der Waals surface area contributed by atoms with Gasteiger partial charge in [-0.2, -0.15) is 0 Å². The number of pyridine rings is 1. The summed E-state index contributed by atoms with van der Waals surface area (Å²) in [6, 6.07) is 4.05. The van der Waals surface area contributed by atoms with E-state index in [0.717, 1.165) is 34.3 Å². The second-order valence-corrected chi connectivity index (χ2v) is 5.34. The van der Waals surface area contributed by atoms with Crippen LogP contribution < -0.4 is 5.56 Å². The number of fused-ring (bicyclic) bond motifs is 3. The first-order chi connectivity index (χ1) is 8.69. The number of nitrogens with zero attached hydrogens (tertiary/aromatic N) is 2. The molecule has 0 atom stereocenters. The lowest BCUT2D eigenvalue weighted by Gasteiger charge is -1.97. The Bertz CT molecular complexity index is 788. The molecule has 0 aliphatic rings. The zero-order valence-corrected chi connectivity index (χ0v) is 11.1. The minimum atomic E-state index is -0.0717. The maximum Gasteiger partial charge on any atom is 0.268 e. The summed E-state index contributed by atoms with van der Waals surface area (Å²) in [7, 11) is 0. The normalized spacial score (nSPS) is 11.4. The average Bonchev–Trinajstić information content (AvgIpc) is 2.68. The Labute approximate surface area is 108 Å². The van der Waals surface area contributed by atoms with Crippen molar-refractivity contribution >= 4 is 31.8 Å². The summed E-state index contributed by atoms with van der Waals surface area (Å²) in [5, 5.41) is 0.976. The van der Waals surface area contributed by atoms with E-state index in [9.17, 15) is 4.79 Å². The highest BCUT2D eigenvalue weighted by Crippen LogP contribution is 2.29. The lowest BCUT2D eigenvalue weighted by Crippen LogP contribution is -2.07. The number of aryl methyl sites for hydroxylation is 2. The van der Waals surface area contributed by atoms with Gasteiger partial charge in [-0.25, -0.2) is 9.97 Å². The van der Waals surface area contributed by atoms with Crippen LogP contribution in [-0.2, 0) is 6.42 Å². The molecule has 0 aliphatic carbocycles. The van der Waals surface area contributed by atoms with Gasteiger partial charge in [-0.15, -0.1) is 11.3 Å². The van der Waals surface area contributed by atoms with E-state index in [1.165, 1.54) is 11.3 Å². The average molecular weight is 259 g/mol. The van der Waals surface area contributed by atoms with Gasteiger partial charge >= 0.3 is 0 Å². The van der Waals surface area contributed by atoms with Crippen LogP contribution in [0.2, 0.25) is 0 Å². The molecule has 0 amide bonds. The highest BCUT2D eigenvalue weighted by atomic mass is 32.1. The number of rotatable bonds is 2. The third-order valence-corrected chi connectivity index (χ3v) is 3.96. The summed E-state index contributed by atoms with van der Waals surface area (Å²) in [5.74, 6) is 0.643. The molecule has 0 saturated heterocycles. The zero-order chi connectivity index (χ0) is 12.7. The first-order valence-corrected chi connectivity index (χ1v) is 6.79. The van der Waals surface area contributed by atoms with Crippen LogP contribution in [0.5, 0.6) is 0 Å². The van der Waals surface area contributed by atoms with Crippen molar-refractivity contribution in [2.45, 2.75) is 26.7 Å². The molecule has 3 rings (SSSR count). The quantitative estimate of drug-likeness (QED) is 0.770. The van der Waals surface area contributed by atoms with Crippen molar-refractivity contribution in [3.05, 3.63) is 34.0 Å². The number of H-pyrrole nitrogens is 1. The smallest absolute Gasteiger partial charge is 0.268 e. The van der Waals surface area contributed by atoms with Crippen LogP contribution in [0.3, 0.4) is 0 Å². The number of hydrogen-bond donors (Lipinski definition) is 1. The summed E-state index contributed by atoms with van der Waals surface area (Å²) in [5.41, 5.74) is 1.77. The highest BCUT2D eigenvalue weighted by molar-refractivity contribution is 7.25. The molecule has 0 spiro atoms. The highest BCUT2D eigenvalue weighted by Gasteiger charge is 2.11. The van der Waals surface area contributed by atoms with Crippen molar-refractivity contribution in [3.63, 3.8) is 0 Å². The van der Waals surface area contributed by atoms with Crippen LogP contribution in [0.25, 0.3) is 20.4 Å². The molecule has 0 aromatic carbocycles. The Morgan fingerprint density at radius 3 is 2.94 bits per heavy atom. The lowest BCUT2D eigenvalue weighted by atomic mass is 10.2. The second kappa shape index (κ2) is 4.17. The molecule has 92 valence electrons. The number of aromatic nitrogens is 3. The number of hydrogen-bond acceptors (Lipinski definition) is 4. The number of aromatic amines is 1. The van der Waals surface area contributed by atoms with E-state index < -0.39 is 0 Å². The Hall–Kier alpha value is -1.75. The van der Waals surface area contributed by atoms with Crippen LogP contribution in [0, 0.1) is 6.92 Å². The fourth-order valence-electron chi connectivity index (χ4n) is 2.08. The van der Waals surface area contributed by atoms with E-state index in [1.54, 1.807) is 6.92 Å². The van der Waals surface area contributed by atoms with E-state index >= 15 is 0 Å².